The number of primary amides is 1. The fourth-order valence-electron chi connectivity index (χ4n) is 3.00. The summed E-state index contributed by atoms with van der Waals surface area (Å²) in [6, 6.07) is 7.03. The third-order valence-corrected chi connectivity index (χ3v) is 4.19. The Kier molecular flexibility index (Phi) is 4.66. The highest BCUT2D eigenvalue weighted by Gasteiger charge is 2.21. The van der Waals surface area contributed by atoms with Crippen molar-refractivity contribution in [3.05, 3.63) is 34.8 Å². The van der Waals surface area contributed by atoms with Gasteiger partial charge in [0, 0.05) is 26.2 Å². The fourth-order valence-corrected chi connectivity index (χ4v) is 3.00. The molecule has 0 unspecified atom stereocenters. The minimum absolute atomic E-state index is 0.0499. The van der Waals surface area contributed by atoms with Crippen LogP contribution in [0.25, 0.3) is 11.1 Å². The Morgan fingerprint density at radius 1 is 1.08 bits per heavy atom. The molecule has 128 valence electrons. The van der Waals surface area contributed by atoms with Crippen LogP contribution in [0.1, 0.15) is 6.42 Å². The summed E-state index contributed by atoms with van der Waals surface area (Å²) in [6.45, 7) is 2.58. The Bertz CT molecular complexity index is 810. The van der Waals surface area contributed by atoms with E-state index in [0.29, 0.717) is 30.7 Å². The lowest BCUT2D eigenvalue weighted by Crippen LogP contribution is -2.40. The smallest absolute Gasteiger partial charge is 0.408 e. The minimum atomic E-state index is -0.533. The Labute approximate surface area is 138 Å². The van der Waals surface area contributed by atoms with Crippen LogP contribution in [0, 0.1) is 0 Å². The average Bonchev–Trinajstić information content (AvgIpc) is 2.71. The molecule has 0 atom stereocenters. The molecule has 1 aromatic heterocycles. The molecule has 1 aliphatic rings. The van der Waals surface area contributed by atoms with Crippen molar-refractivity contribution < 1.29 is 14.0 Å². The third-order valence-electron chi connectivity index (χ3n) is 4.19. The molecule has 1 aromatic carbocycles. The summed E-state index contributed by atoms with van der Waals surface area (Å²) in [4.78, 5) is 39.2. The molecule has 2 amide bonds. The van der Waals surface area contributed by atoms with Crippen LogP contribution in [0.5, 0.6) is 0 Å². The summed E-state index contributed by atoms with van der Waals surface area (Å²) in [6.07, 6.45) is 0.764. The maximum Gasteiger partial charge on any atom is 0.420 e. The number of hydrogen-bond acceptors (Lipinski definition) is 5. The van der Waals surface area contributed by atoms with Crippen LogP contribution in [0.4, 0.5) is 0 Å². The van der Waals surface area contributed by atoms with E-state index in [9.17, 15) is 14.4 Å². The highest BCUT2D eigenvalue weighted by molar-refractivity contribution is 5.79. The highest BCUT2D eigenvalue weighted by atomic mass is 16.4. The quantitative estimate of drug-likeness (QED) is 0.822. The highest BCUT2D eigenvalue weighted by Crippen LogP contribution is 2.12. The Hall–Kier alpha value is -2.61. The van der Waals surface area contributed by atoms with Gasteiger partial charge in [-0.15, -0.1) is 0 Å². The Balaban J connectivity index is 1.69. The zero-order chi connectivity index (χ0) is 17.1. The van der Waals surface area contributed by atoms with Gasteiger partial charge in [-0.25, -0.2) is 4.79 Å². The van der Waals surface area contributed by atoms with E-state index >= 15 is 0 Å². The SMILES string of the molecule is NC(=O)CN1CCCN(C(=O)Cn2c(=O)oc3ccccc32)CC1. The number of carbonyl (C=O) groups excluding carboxylic acids is 2. The van der Waals surface area contributed by atoms with Crippen molar-refractivity contribution >= 4 is 22.9 Å². The molecule has 0 saturated carbocycles. The van der Waals surface area contributed by atoms with Gasteiger partial charge < -0.3 is 15.1 Å². The van der Waals surface area contributed by atoms with Gasteiger partial charge in [-0.1, -0.05) is 12.1 Å². The largest absolute Gasteiger partial charge is 0.420 e. The van der Waals surface area contributed by atoms with Crippen LogP contribution in [-0.2, 0) is 16.1 Å². The van der Waals surface area contributed by atoms with Crippen LogP contribution in [0.2, 0.25) is 0 Å². The van der Waals surface area contributed by atoms with Crippen molar-refractivity contribution in [2.24, 2.45) is 5.73 Å². The molecule has 24 heavy (non-hydrogen) atoms. The molecule has 1 saturated heterocycles. The first-order chi connectivity index (χ1) is 11.5. The number of rotatable bonds is 4. The van der Waals surface area contributed by atoms with Gasteiger partial charge in [-0.3, -0.25) is 19.1 Å². The predicted molar refractivity (Wildman–Crippen MR) is 87.3 cm³/mol. The topological polar surface area (TPSA) is 102 Å². The molecule has 3 rings (SSSR count). The molecule has 2 heterocycles. The fraction of sp³-hybridized carbons (Fsp3) is 0.438. The number of carbonyl (C=O) groups is 2. The second-order valence-electron chi connectivity index (χ2n) is 5.90. The molecule has 1 fully saturated rings. The molecule has 0 aliphatic carbocycles. The molecular formula is C16H20N4O4. The number of fused-ring (bicyclic) bond motifs is 1. The zero-order valence-corrected chi connectivity index (χ0v) is 13.3. The van der Waals surface area contributed by atoms with Gasteiger partial charge in [0.25, 0.3) is 0 Å². The molecule has 0 spiro atoms. The second kappa shape index (κ2) is 6.88. The number of amides is 2. The van der Waals surface area contributed by atoms with Gasteiger partial charge in [-0.2, -0.15) is 0 Å². The van der Waals surface area contributed by atoms with E-state index in [1.807, 2.05) is 4.90 Å². The molecule has 8 heteroatoms. The monoisotopic (exact) mass is 332 g/mol. The van der Waals surface area contributed by atoms with Crippen LogP contribution >= 0.6 is 0 Å². The first kappa shape index (κ1) is 16.3. The van der Waals surface area contributed by atoms with Crippen LogP contribution in [0.15, 0.2) is 33.5 Å². The Morgan fingerprint density at radius 2 is 1.88 bits per heavy atom. The summed E-state index contributed by atoms with van der Waals surface area (Å²) >= 11 is 0. The normalized spacial score (nSPS) is 16.2. The molecule has 2 N–H and O–H groups in total. The number of para-hydroxylation sites is 2. The number of benzene rings is 1. The first-order valence-corrected chi connectivity index (χ1v) is 7.91. The van der Waals surface area contributed by atoms with Gasteiger partial charge >= 0.3 is 5.76 Å². The van der Waals surface area contributed by atoms with Crippen LogP contribution in [-0.4, -0.2) is 58.9 Å². The summed E-state index contributed by atoms with van der Waals surface area (Å²) in [5.41, 5.74) is 6.30. The molecule has 2 aromatic rings. The van der Waals surface area contributed by atoms with E-state index in [1.165, 1.54) is 4.57 Å². The second-order valence-corrected chi connectivity index (χ2v) is 5.90. The van der Waals surface area contributed by atoms with E-state index in [1.54, 1.807) is 29.2 Å². The van der Waals surface area contributed by atoms with E-state index in [2.05, 4.69) is 0 Å². The maximum atomic E-state index is 12.6. The zero-order valence-electron chi connectivity index (χ0n) is 13.3. The van der Waals surface area contributed by atoms with E-state index < -0.39 is 5.76 Å². The van der Waals surface area contributed by atoms with Crippen molar-refractivity contribution in [3.8, 4) is 0 Å². The number of oxazole rings is 1. The summed E-state index contributed by atoms with van der Waals surface area (Å²) in [5.74, 6) is -1.04. The van der Waals surface area contributed by atoms with Crippen molar-refractivity contribution in [2.75, 3.05) is 32.7 Å². The molecule has 0 bridgehead atoms. The van der Waals surface area contributed by atoms with Crippen LogP contribution < -0.4 is 11.5 Å². The first-order valence-electron chi connectivity index (χ1n) is 7.91. The predicted octanol–water partition coefficient (Wildman–Crippen LogP) is -0.386. The summed E-state index contributed by atoms with van der Waals surface area (Å²) in [5, 5.41) is 0. The summed E-state index contributed by atoms with van der Waals surface area (Å²) < 4.78 is 6.50. The molecule has 8 nitrogen and oxygen atoms in total. The van der Waals surface area contributed by atoms with Gasteiger partial charge in [0.1, 0.15) is 6.54 Å². The van der Waals surface area contributed by atoms with Gasteiger partial charge in [-0.05, 0) is 18.6 Å². The standard InChI is InChI=1S/C16H20N4O4/c17-14(21)10-18-6-3-7-19(9-8-18)15(22)11-20-12-4-1-2-5-13(12)24-16(20)23/h1-2,4-5H,3,6-11H2,(H2,17,21). The maximum absolute atomic E-state index is 12.6. The van der Waals surface area contributed by atoms with E-state index in [-0.39, 0.29) is 24.9 Å². The average molecular weight is 332 g/mol. The molecule has 0 radical (unpaired) electrons. The number of hydrogen-bond donors (Lipinski definition) is 1. The number of aromatic nitrogens is 1. The van der Waals surface area contributed by atoms with Gasteiger partial charge in [0.05, 0.1) is 12.1 Å². The van der Waals surface area contributed by atoms with E-state index in [0.717, 1.165) is 13.0 Å². The van der Waals surface area contributed by atoms with Gasteiger partial charge in [0.2, 0.25) is 11.8 Å². The van der Waals surface area contributed by atoms with E-state index in [4.69, 9.17) is 10.2 Å². The van der Waals surface area contributed by atoms with Crippen molar-refractivity contribution in [1.29, 1.82) is 0 Å². The number of nitrogens with two attached hydrogens (primary N) is 1. The summed E-state index contributed by atoms with van der Waals surface area (Å²) in [7, 11) is 0. The lowest BCUT2D eigenvalue weighted by Gasteiger charge is -2.21. The molecule has 1 aliphatic heterocycles. The Morgan fingerprint density at radius 3 is 2.67 bits per heavy atom. The lowest BCUT2D eigenvalue weighted by molar-refractivity contribution is -0.131. The minimum Gasteiger partial charge on any atom is -0.408 e. The number of nitrogens with zero attached hydrogens (tertiary/aromatic N) is 3. The third kappa shape index (κ3) is 3.48. The molecular weight excluding hydrogens is 312 g/mol. The van der Waals surface area contributed by atoms with Crippen molar-refractivity contribution in [2.45, 2.75) is 13.0 Å². The van der Waals surface area contributed by atoms with Gasteiger partial charge in [0.15, 0.2) is 5.58 Å². The van der Waals surface area contributed by atoms with Crippen molar-refractivity contribution in [1.82, 2.24) is 14.4 Å². The van der Waals surface area contributed by atoms with Crippen LogP contribution in [0.3, 0.4) is 0 Å². The lowest BCUT2D eigenvalue weighted by atomic mass is 10.3. The van der Waals surface area contributed by atoms with Crippen molar-refractivity contribution in [3.63, 3.8) is 0 Å².